The molecule has 0 fully saturated rings. The smallest absolute Gasteiger partial charge is 0.346 e. The molecule has 0 aliphatic carbocycles. The Morgan fingerprint density at radius 3 is 2.59 bits per heavy atom. The van der Waals surface area contributed by atoms with Gasteiger partial charge in [-0.15, -0.1) is 0 Å². The van der Waals surface area contributed by atoms with E-state index in [1.54, 1.807) is 0 Å². The molecule has 114 valence electrons. The van der Waals surface area contributed by atoms with E-state index in [4.69, 9.17) is 15.6 Å². The Morgan fingerprint density at radius 2 is 1.95 bits per heavy atom. The van der Waals surface area contributed by atoms with Gasteiger partial charge in [-0.05, 0) is 36.2 Å². The third-order valence-corrected chi connectivity index (χ3v) is 3.41. The van der Waals surface area contributed by atoms with Crippen molar-refractivity contribution in [3.63, 3.8) is 0 Å². The van der Waals surface area contributed by atoms with Crippen LogP contribution in [0.3, 0.4) is 0 Å². The largest absolute Gasteiger partial charge is 0.415 e. The predicted molar refractivity (Wildman–Crippen MR) is 78.9 cm³/mol. The van der Waals surface area contributed by atoms with Crippen molar-refractivity contribution < 1.29 is 18.8 Å². The number of esters is 1. The number of hydrogen-bond donors (Lipinski definition) is 2. The second-order valence-electron chi connectivity index (χ2n) is 4.07. The van der Waals surface area contributed by atoms with Gasteiger partial charge in [-0.3, -0.25) is 15.3 Å². The zero-order chi connectivity index (χ0) is 16.3. The third-order valence-electron chi connectivity index (χ3n) is 2.72. The fourth-order valence-electron chi connectivity index (χ4n) is 1.76. The van der Waals surface area contributed by atoms with Crippen molar-refractivity contribution in [2.45, 2.75) is 4.90 Å². The lowest BCUT2D eigenvalue weighted by molar-refractivity contribution is -0.388. The van der Waals surface area contributed by atoms with E-state index in [0.29, 0.717) is 0 Å². The molecule has 0 amide bonds. The molecule has 0 aliphatic rings. The van der Waals surface area contributed by atoms with Gasteiger partial charge in [0.2, 0.25) is 11.6 Å². The van der Waals surface area contributed by atoms with Crippen molar-refractivity contribution in [3.8, 4) is 5.75 Å². The Bertz CT molecular complexity index is 754. The molecule has 0 aromatic heterocycles. The van der Waals surface area contributed by atoms with Gasteiger partial charge in [-0.1, -0.05) is 12.1 Å². The summed E-state index contributed by atoms with van der Waals surface area (Å²) in [7, 11) is 0. The van der Waals surface area contributed by atoms with Crippen LogP contribution in [0.25, 0.3) is 0 Å². The second-order valence-corrected chi connectivity index (χ2v) is 4.72. The Hall–Kier alpha value is -2.65. The van der Waals surface area contributed by atoms with Crippen LogP contribution < -0.4 is 15.6 Å². The highest BCUT2D eigenvalue weighted by atomic mass is 32.2. The number of rotatable bonds is 4. The minimum absolute atomic E-state index is 0.0334. The minimum atomic E-state index is -1.10. The van der Waals surface area contributed by atoms with Gasteiger partial charge in [-0.2, -0.15) is 4.39 Å². The number of ether oxygens (including phenoxy) is 1. The number of anilines is 1. The molecular weight excluding hydrogens is 313 g/mol. The molecule has 22 heavy (non-hydrogen) atoms. The van der Waals surface area contributed by atoms with Gasteiger partial charge in [0.15, 0.2) is 0 Å². The molecule has 2 aromatic carbocycles. The average molecular weight is 323 g/mol. The normalized spacial score (nSPS) is 10.3. The van der Waals surface area contributed by atoms with E-state index in [1.165, 1.54) is 24.3 Å². The van der Waals surface area contributed by atoms with Crippen LogP contribution in [0.2, 0.25) is 0 Å². The Labute approximate surface area is 128 Å². The van der Waals surface area contributed by atoms with Crippen LogP contribution in [0, 0.1) is 15.9 Å². The number of hydrogen-bond acceptors (Lipinski definition) is 7. The molecule has 0 radical (unpaired) electrons. The molecule has 0 spiro atoms. The first kappa shape index (κ1) is 15.7. The number of halogens is 1. The van der Waals surface area contributed by atoms with Crippen molar-refractivity contribution in [3.05, 3.63) is 57.9 Å². The second kappa shape index (κ2) is 6.41. The minimum Gasteiger partial charge on any atom is -0.415 e. The monoisotopic (exact) mass is 323 g/mol. The zero-order valence-corrected chi connectivity index (χ0v) is 11.8. The molecule has 4 N–H and O–H groups in total. The van der Waals surface area contributed by atoms with E-state index in [1.807, 2.05) is 0 Å². The highest BCUT2D eigenvalue weighted by Gasteiger charge is 2.25. The first-order valence-electron chi connectivity index (χ1n) is 5.86. The maximum absolute atomic E-state index is 13.5. The summed E-state index contributed by atoms with van der Waals surface area (Å²) in [6.07, 6.45) is 0. The summed E-state index contributed by atoms with van der Waals surface area (Å²) in [5.41, 5.74) is 5.07. The first-order valence-corrected chi connectivity index (χ1v) is 6.74. The number of nitro groups is 1. The summed E-state index contributed by atoms with van der Waals surface area (Å²) >= 11 is 0.741. The molecule has 9 heteroatoms. The number of nitrogen functional groups attached to an aromatic ring is 1. The topological polar surface area (TPSA) is 121 Å². The van der Waals surface area contributed by atoms with Gasteiger partial charge in [0.25, 0.3) is 0 Å². The van der Waals surface area contributed by atoms with Crippen LogP contribution in [0.5, 0.6) is 5.75 Å². The SMILES string of the molecule is NSc1c(N)cccc1C(=O)Oc1cccc(F)c1[N+](=O)[O-]. The molecule has 0 bridgehead atoms. The van der Waals surface area contributed by atoms with Crippen molar-refractivity contribution in [2.75, 3.05) is 5.73 Å². The van der Waals surface area contributed by atoms with Gasteiger partial charge in [-0.25, -0.2) is 4.79 Å². The molecule has 0 saturated heterocycles. The highest BCUT2D eigenvalue weighted by Crippen LogP contribution is 2.32. The number of benzene rings is 2. The third kappa shape index (κ3) is 3.00. The molecule has 0 unspecified atom stereocenters. The number of carbonyl (C=O) groups is 1. The maximum atomic E-state index is 13.5. The Balaban J connectivity index is 2.41. The lowest BCUT2D eigenvalue weighted by Gasteiger charge is -2.09. The van der Waals surface area contributed by atoms with Crippen molar-refractivity contribution >= 4 is 29.3 Å². The predicted octanol–water partition coefficient (Wildman–Crippen LogP) is 2.50. The summed E-state index contributed by atoms with van der Waals surface area (Å²) in [4.78, 5) is 22.3. The van der Waals surface area contributed by atoms with Crippen molar-refractivity contribution in [2.24, 2.45) is 5.14 Å². The highest BCUT2D eigenvalue weighted by molar-refractivity contribution is 7.97. The van der Waals surface area contributed by atoms with E-state index in [0.717, 1.165) is 24.1 Å². The molecule has 7 nitrogen and oxygen atoms in total. The number of nitro benzene ring substituents is 1. The van der Waals surface area contributed by atoms with Crippen LogP contribution in [0.4, 0.5) is 15.8 Å². The van der Waals surface area contributed by atoms with Gasteiger partial charge in [0.05, 0.1) is 15.4 Å². The van der Waals surface area contributed by atoms with E-state index in [9.17, 15) is 19.3 Å². The summed E-state index contributed by atoms with van der Waals surface area (Å²) in [5, 5.41) is 16.3. The lowest BCUT2D eigenvalue weighted by atomic mass is 10.2. The molecule has 0 saturated carbocycles. The number of nitrogens with two attached hydrogens (primary N) is 2. The van der Waals surface area contributed by atoms with Crippen LogP contribution >= 0.6 is 11.9 Å². The quantitative estimate of drug-likeness (QED) is 0.221. The van der Waals surface area contributed by atoms with E-state index >= 15 is 0 Å². The van der Waals surface area contributed by atoms with Gasteiger partial charge in [0.1, 0.15) is 0 Å². The van der Waals surface area contributed by atoms with Gasteiger partial charge in [0, 0.05) is 5.69 Å². The molecule has 2 aromatic rings. The van der Waals surface area contributed by atoms with Crippen molar-refractivity contribution in [1.29, 1.82) is 0 Å². The van der Waals surface area contributed by atoms with Crippen molar-refractivity contribution in [1.82, 2.24) is 0 Å². The first-order chi connectivity index (χ1) is 10.5. The number of para-hydroxylation sites is 1. The van der Waals surface area contributed by atoms with Gasteiger partial charge >= 0.3 is 11.7 Å². The fourth-order valence-corrected chi connectivity index (χ4v) is 2.24. The van der Waals surface area contributed by atoms with Crippen LogP contribution in [-0.4, -0.2) is 10.9 Å². The molecule has 2 rings (SSSR count). The summed E-state index contributed by atoms with van der Waals surface area (Å²) in [5.74, 6) is -2.52. The number of carbonyl (C=O) groups excluding carboxylic acids is 1. The van der Waals surface area contributed by atoms with Crippen LogP contribution in [-0.2, 0) is 0 Å². The Morgan fingerprint density at radius 1 is 1.27 bits per heavy atom. The van der Waals surface area contributed by atoms with E-state index in [2.05, 4.69) is 0 Å². The standard InChI is InChI=1S/C13H10FN3O4S/c14-8-4-2-6-10(11(8)17(19)20)21-13(18)7-3-1-5-9(15)12(7)22-16/h1-6H,15-16H2. The van der Waals surface area contributed by atoms with Crippen LogP contribution in [0.1, 0.15) is 10.4 Å². The van der Waals surface area contributed by atoms with E-state index in [-0.39, 0.29) is 16.1 Å². The Kier molecular flexibility index (Phi) is 4.59. The maximum Gasteiger partial charge on any atom is 0.346 e. The van der Waals surface area contributed by atoms with Crippen LogP contribution in [0.15, 0.2) is 41.3 Å². The number of nitrogens with zero attached hydrogens (tertiary/aromatic N) is 1. The lowest BCUT2D eigenvalue weighted by Crippen LogP contribution is -2.12. The molecule has 0 atom stereocenters. The summed E-state index contributed by atoms with van der Waals surface area (Å²) < 4.78 is 18.4. The molecule has 0 heterocycles. The summed E-state index contributed by atoms with van der Waals surface area (Å²) in [6, 6.07) is 7.67. The average Bonchev–Trinajstić information content (AvgIpc) is 2.46. The van der Waals surface area contributed by atoms with Gasteiger partial charge < -0.3 is 10.5 Å². The zero-order valence-electron chi connectivity index (χ0n) is 11.0. The van der Waals surface area contributed by atoms with E-state index < -0.39 is 28.1 Å². The molecule has 0 aliphatic heterocycles. The summed E-state index contributed by atoms with van der Waals surface area (Å²) in [6.45, 7) is 0. The molecular formula is C13H10FN3O4S. The fraction of sp³-hybridized carbons (Fsp3) is 0.